The van der Waals surface area contributed by atoms with Gasteiger partial charge in [-0.15, -0.1) is 11.3 Å². The standard InChI is InChI=1S/C44H41F3N4O2S/c1-3-5-25-51(26-6-4-2)36-19-17-33(41(27-36)52-31-32-13-9-7-10-14-32)18-20-37-21-22-38(54-37)23-24-40-39(30-50)42(34(28-48)29-49)53-43(40,44(45,46)47)35-15-11-8-12-16-35/h7-24,27,34,42H,3-6,25-26,31H2,1-2H3/b20-18+,24-23+. The third-order valence-corrected chi connectivity index (χ3v) is 10.2. The van der Waals surface area contributed by atoms with Crippen LogP contribution in [-0.2, 0) is 16.9 Å². The summed E-state index contributed by atoms with van der Waals surface area (Å²) in [5.74, 6) is -0.882. The molecular weight excluding hydrogens is 706 g/mol. The van der Waals surface area contributed by atoms with E-state index in [1.807, 2.05) is 60.7 Å². The molecule has 5 rings (SSSR count). The van der Waals surface area contributed by atoms with E-state index in [2.05, 4.69) is 30.9 Å². The van der Waals surface area contributed by atoms with Crippen LogP contribution < -0.4 is 9.64 Å². The fraction of sp³-hybridized carbons (Fsp3) is 0.295. The lowest BCUT2D eigenvalue weighted by Crippen LogP contribution is -2.45. The average Bonchev–Trinajstić information content (AvgIpc) is 3.79. The van der Waals surface area contributed by atoms with E-state index in [-0.39, 0.29) is 5.56 Å². The second-order valence-electron chi connectivity index (χ2n) is 12.9. The predicted molar refractivity (Wildman–Crippen MR) is 208 cm³/mol. The van der Waals surface area contributed by atoms with Gasteiger partial charge in [0.1, 0.15) is 18.5 Å². The number of nitriles is 3. The molecule has 4 aromatic rings. The minimum absolute atomic E-state index is 0.257. The summed E-state index contributed by atoms with van der Waals surface area (Å²) < 4.78 is 57.5. The van der Waals surface area contributed by atoms with Crippen molar-refractivity contribution >= 4 is 35.3 Å². The van der Waals surface area contributed by atoms with Crippen molar-refractivity contribution in [1.82, 2.24) is 0 Å². The van der Waals surface area contributed by atoms with E-state index in [0.717, 1.165) is 66.2 Å². The van der Waals surface area contributed by atoms with Crippen LogP contribution >= 0.6 is 11.3 Å². The molecule has 2 heterocycles. The molecule has 0 fully saturated rings. The highest BCUT2D eigenvalue weighted by atomic mass is 32.1. The van der Waals surface area contributed by atoms with E-state index < -0.39 is 34.9 Å². The molecule has 0 spiro atoms. The molecule has 2 atom stereocenters. The maximum absolute atomic E-state index is 15.2. The van der Waals surface area contributed by atoms with Gasteiger partial charge in [-0.3, -0.25) is 0 Å². The molecule has 6 nitrogen and oxygen atoms in total. The number of benzene rings is 3. The molecule has 276 valence electrons. The number of thiophene rings is 1. The van der Waals surface area contributed by atoms with Crippen molar-refractivity contribution in [2.45, 2.75) is 64.0 Å². The number of unbranched alkanes of at least 4 members (excludes halogenated alkanes) is 2. The van der Waals surface area contributed by atoms with Crippen LogP contribution in [-0.4, -0.2) is 25.4 Å². The van der Waals surface area contributed by atoms with Gasteiger partial charge in [0.2, 0.25) is 5.60 Å². The second-order valence-corrected chi connectivity index (χ2v) is 14.0. The Balaban J connectivity index is 1.47. The Kier molecular flexibility index (Phi) is 13.5. The molecule has 1 aliphatic heterocycles. The molecule has 0 bridgehead atoms. The highest BCUT2D eigenvalue weighted by Gasteiger charge is 2.65. The smallest absolute Gasteiger partial charge is 0.426 e. The van der Waals surface area contributed by atoms with Gasteiger partial charge in [-0.25, -0.2) is 0 Å². The number of halogens is 3. The van der Waals surface area contributed by atoms with Gasteiger partial charge in [0, 0.05) is 45.7 Å². The maximum Gasteiger partial charge on any atom is 0.426 e. The Morgan fingerprint density at radius 1 is 0.833 bits per heavy atom. The van der Waals surface area contributed by atoms with E-state index in [1.165, 1.54) is 47.8 Å². The fourth-order valence-electron chi connectivity index (χ4n) is 6.34. The van der Waals surface area contributed by atoms with Crippen LogP contribution in [0.3, 0.4) is 0 Å². The SMILES string of the molecule is CCCCN(CCCC)c1ccc(/C=C/c2ccc(/C=C/C3=C(C#N)C(C(C#N)C#N)OC3(c3ccccc3)C(F)(F)F)s2)c(OCc2ccccc2)c1. The van der Waals surface area contributed by atoms with E-state index in [9.17, 15) is 15.8 Å². The van der Waals surface area contributed by atoms with Gasteiger partial charge < -0.3 is 14.4 Å². The molecule has 54 heavy (non-hydrogen) atoms. The zero-order valence-corrected chi connectivity index (χ0v) is 31.0. The predicted octanol–water partition coefficient (Wildman–Crippen LogP) is 11.3. The molecular formula is C44H41F3N4O2S. The Labute approximate surface area is 319 Å². The summed E-state index contributed by atoms with van der Waals surface area (Å²) in [4.78, 5) is 3.88. The Hall–Kier alpha value is -5.60. The van der Waals surface area contributed by atoms with Gasteiger partial charge in [0.15, 0.2) is 5.92 Å². The molecule has 3 aromatic carbocycles. The lowest BCUT2D eigenvalue weighted by Gasteiger charge is -2.34. The molecule has 0 N–H and O–H groups in total. The zero-order chi connectivity index (χ0) is 38.6. The Bertz CT molecular complexity index is 2070. The van der Waals surface area contributed by atoms with Gasteiger partial charge in [-0.1, -0.05) is 93.4 Å². The van der Waals surface area contributed by atoms with Crippen molar-refractivity contribution < 1.29 is 22.6 Å². The van der Waals surface area contributed by atoms with Crippen LogP contribution in [0.25, 0.3) is 18.2 Å². The molecule has 1 aliphatic rings. The van der Waals surface area contributed by atoms with Crippen LogP contribution in [0.1, 0.15) is 66.0 Å². The minimum Gasteiger partial charge on any atom is -0.488 e. The van der Waals surface area contributed by atoms with Crippen LogP contribution in [0, 0.1) is 39.9 Å². The third kappa shape index (κ3) is 8.95. The van der Waals surface area contributed by atoms with Gasteiger partial charge in [0.05, 0.1) is 23.8 Å². The summed E-state index contributed by atoms with van der Waals surface area (Å²) in [5, 5.41) is 29.2. The molecule has 2 unspecified atom stereocenters. The van der Waals surface area contributed by atoms with Crippen LogP contribution in [0.2, 0.25) is 0 Å². The van der Waals surface area contributed by atoms with E-state index in [1.54, 1.807) is 24.3 Å². The first-order chi connectivity index (χ1) is 26.2. The molecule has 0 saturated carbocycles. The van der Waals surface area contributed by atoms with E-state index >= 15 is 13.2 Å². The number of hydrogen-bond donors (Lipinski definition) is 0. The Morgan fingerprint density at radius 2 is 1.44 bits per heavy atom. The largest absolute Gasteiger partial charge is 0.488 e. The lowest BCUT2D eigenvalue weighted by atomic mass is 9.83. The van der Waals surface area contributed by atoms with E-state index in [4.69, 9.17) is 9.47 Å². The number of anilines is 1. The number of ether oxygens (including phenoxy) is 2. The monoisotopic (exact) mass is 746 g/mol. The summed E-state index contributed by atoms with van der Waals surface area (Å²) in [5.41, 5.74) is -1.15. The second kappa shape index (κ2) is 18.4. The van der Waals surface area contributed by atoms with Crippen molar-refractivity contribution in [2.75, 3.05) is 18.0 Å². The summed E-state index contributed by atoms with van der Waals surface area (Å²) in [7, 11) is 0. The fourth-order valence-corrected chi connectivity index (χ4v) is 7.15. The maximum atomic E-state index is 15.2. The van der Waals surface area contributed by atoms with Crippen molar-refractivity contribution in [1.29, 1.82) is 15.8 Å². The van der Waals surface area contributed by atoms with E-state index in [0.29, 0.717) is 11.5 Å². The normalized spacial score (nSPS) is 17.2. The van der Waals surface area contributed by atoms with Gasteiger partial charge in [-0.2, -0.15) is 29.0 Å². The lowest BCUT2D eigenvalue weighted by molar-refractivity contribution is -0.269. The minimum atomic E-state index is -5.03. The van der Waals surface area contributed by atoms with Crippen molar-refractivity contribution in [3.8, 4) is 24.0 Å². The zero-order valence-electron chi connectivity index (χ0n) is 30.2. The highest BCUT2D eigenvalue weighted by Crippen LogP contribution is 2.55. The first-order valence-electron chi connectivity index (χ1n) is 17.9. The molecule has 0 amide bonds. The number of alkyl halides is 3. The summed E-state index contributed by atoms with van der Waals surface area (Å²) in [6, 6.07) is 32.0. The molecule has 10 heteroatoms. The van der Waals surface area contributed by atoms with Crippen molar-refractivity contribution in [3.63, 3.8) is 0 Å². The van der Waals surface area contributed by atoms with Crippen molar-refractivity contribution in [2.24, 2.45) is 5.92 Å². The average molecular weight is 747 g/mol. The highest BCUT2D eigenvalue weighted by molar-refractivity contribution is 7.13. The quantitative estimate of drug-likeness (QED) is 0.113. The number of hydrogen-bond acceptors (Lipinski definition) is 7. The topological polar surface area (TPSA) is 93.1 Å². The Morgan fingerprint density at radius 3 is 2.02 bits per heavy atom. The van der Waals surface area contributed by atoms with Crippen LogP contribution in [0.5, 0.6) is 5.75 Å². The molecule has 1 aromatic heterocycles. The van der Waals surface area contributed by atoms with Crippen molar-refractivity contribution in [3.05, 3.63) is 135 Å². The molecule has 0 saturated heterocycles. The summed E-state index contributed by atoms with van der Waals surface area (Å²) >= 11 is 1.35. The number of rotatable bonds is 16. The van der Waals surface area contributed by atoms with Gasteiger partial charge in [-0.05, 0) is 66.5 Å². The molecule has 0 radical (unpaired) electrons. The molecule has 0 aliphatic carbocycles. The summed E-state index contributed by atoms with van der Waals surface area (Å²) in [6.07, 6.45) is 4.29. The van der Waals surface area contributed by atoms with Gasteiger partial charge in [0.25, 0.3) is 0 Å². The first-order valence-corrected chi connectivity index (χ1v) is 18.8. The van der Waals surface area contributed by atoms with Crippen LogP contribution in [0.15, 0.2) is 108 Å². The van der Waals surface area contributed by atoms with Crippen LogP contribution in [0.4, 0.5) is 18.9 Å². The number of nitrogens with zero attached hydrogens (tertiary/aromatic N) is 4. The van der Waals surface area contributed by atoms with Gasteiger partial charge >= 0.3 is 6.18 Å². The summed E-state index contributed by atoms with van der Waals surface area (Å²) in [6.45, 7) is 6.70. The first kappa shape index (κ1) is 39.6. The third-order valence-electron chi connectivity index (χ3n) is 9.19.